The number of benzene rings is 1. The molecule has 0 saturated carbocycles. The molecule has 1 fully saturated rings. The van der Waals surface area contributed by atoms with Gasteiger partial charge in [-0.3, -0.25) is 4.79 Å². The van der Waals surface area contributed by atoms with Gasteiger partial charge in [-0.25, -0.2) is 0 Å². The molecule has 112 valence electrons. The third-order valence-electron chi connectivity index (χ3n) is 3.52. The molecule has 1 unspecified atom stereocenters. The van der Waals surface area contributed by atoms with Crippen LogP contribution in [0.1, 0.15) is 16.8 Å². The normalized spacial score (nSPS) is 17.6. The van der Waals surface area contributed by atoms with Crippen molar-refractivity contribution in [1.82, 2.24) is 10.2 Å². The van der Waals surface area contributed by atoms with Crippen molar-refractivity contribution >= 4 is 18.3 Å². The molecule has 0 aliphatic carbocycles. The minimum absolute atomic E-state index is 0. The SMILES string of the molecule is CNC1CCN(C(=O)c2ccc(OC)cc2OC)C1.Cl. The Labute approximate surface area is 125 Å². The average molecular weight is 301 g/mol. The highest BCUT2D eigenvalue weighted by Gasteiger charge is 2.27. The highest BCUT2D eigenvalue weighted by atomic mass is 35.5. The van der Waals surface area contributed by atoms with Crippen molar-refractivity contribution in [3.05, 3.63) is 23.8 Å². The van der Waals surface area contributed by atoms with E-state index in [-0.39, 0.29) is 18.3 Å². The van der Waals surface area contributed by atoms with Crippen LogP contribution in [0.15, 0.2) is 18.2 Å². The summed E-state index contributed by atoms with van der Waals surface area (Å²) in [5, 5.41) is 3.20. The fraction of sp³-hybridized carbons (Fsp3) is 0.500. The second-order valence-electron chi connectivity index (χ2n) is 4.59. The van der Waals surface area contributed by atoms with Gasteiger partial charge in [0.15, 0.2) is 0 Å². The Morgan fingerprint density at radius 1 is 1.35 bits per heavy atom. The van der Waals surface area contributed by atoms with E-state index in [1.807, 2.05) is 11.9 Å². The van der Waals surface area contributed by atoms with Gasteiger partial charge in [0, 0.05) is 25.2 Å². The number of rotatable bonds is 4. The number of carbonyl (C=O) groups excluding carboxylic acids is 1. The maximum Gasteiger partial charge on any atom is 0.257 e. The molecule has 1 amide bonds. The van der Waals surface area contributed by atoms with Crippen LogP contribution in [0.2, 0.25) is 0 Å². The largest absolute Gasteiger partial charge is 0.497 e. The Morgan fingerprint density at radius 3 is 2.65 bits per heavy atom. The Kier molecular flexibility index (Phi) is 6.10. The Balaban J connectivity index is 0.00000200. The second-order valence-corrected chi connectivity index (χ2v) is 4.59. The van der Waals surface area contributed by atoms with Crippen molar-refractivity contribution in [2.45, 2.75) is 12.5 Å². The van der Waals surface area contributed by atoms with Crippen LogP contribution >= 0.6 is 12.4 Å². The molecule has 0 spiro atoms. The van der Waals surface area contributed by atoms with E-state index in [1.165, 1.54) is 0 Å². The number of halogens is 1. The molecule has 0 radical (unpaired) electrons. The molecular weight excluding hydrogens is 280 g/mol. The zero-order valence-corrected chi connectivity index (χ0v) is 12.8. The van der Waals surface area contributed by atoms with Crippen LogP contribution in [-0.2, 0) is 0 Å². The van der Waals surface area contributed by atoms with E-state index in [1.54, 1.807) is 32.4 Å². The maximum absolute atomic E-state index is 12.5. The van der Waals surface area contributed by atoms with Gasteiger partial charge in [0.25, 0.3) is 5.91 Å². The summed E-state index contributed by atoms with van der Waals surface area (Å²) >= 11 is 0. The number of hydrogen-bond donors (Lipinski definition) is 1. The van der Waals surface area contributed by atoms with Crippen molar-refractivity contribution in [2.24, 2.45) is 0 Å². The fourth-order valence-electron chi connectivity index (χ4n) is 2.33. The van der Waals surface area contributed by atoms with Crippen LogP contribution in [-0.4, -0.2) is 51.2 Å². The van der Waals surface area contributed by atoms with E-state index in [9.17, 15) is 4.79 Å². The smallest absolute Gasteiger partial charge is 0.257 e. The summed E-state index contributed by atoms with van der Waals surface area (Å²) in [6, 6.07) is 5.65. The molecular formula is C14H21ClN2O3. The van der Waals surface area contributed by atoms with E-state index >= 15 is 0 Å². The molecule has 1 heterocycles. The highest BCUT2D eigenvalue weighted by Crippen LogP contribution is 2.26. The van der Waals surface area contributed by atoms with Crippen LogP contribution in [0.25, 0.3) is 0 Å². The molecule has 1 saturated heterocycles. The molecule has 5 nitrogen and oxygen atoms in total. The number of carbonyl (C=O) groups is 1. The lowest BCUT2D eigenvalue weighted by atomic mass is 10.1. The minimum atomic E-state index is 0. The van der Waals surface area contributed by atoms with Gasteiger partial charge < -0.3 is 19.7 Å². The number of likely N-dealkylation sites (tertiary alicyclic amines) is 1. The lowest BCUT2D eigenvalue weighted by molar-refractivity contribution is 0.0786. The van der Waals surface area contributed by atoms with Gasteiger partial charge in [0.2, 0.25) is 0 Å². The number of nitrogens with one attached hydrogen (secondary N) is 1. The highest BCUT2D eigenvalue weighted by molar-refractivity contribution is 5.97. The molecule has 1 atom stereocenters. The van der Waals surface area contributed by atoms with E-state index in [4.69, 9.17) is 9.47 Å². The first kappa shape index (κ1) is 16.6. The van der Waals surface area contributed by atoms with Gasteiger partial charge in [-0.2, -0.15) is 0 Å². The Bertz CT molecular complexity index is 468. The first-order valence-corrected chi connectivity index (χ1v) is 6.38. The quantitative estimate of drug-likeness (QED) is 0.917. The zero-order chi connectivity index (χ0) is 13.8. The predicted octanol–water partition coefficient (Wildman–Crippen LogP) is 1.56. The van der Waals surface area contributed by atoms with Crippen LogP contribution < -0.4 is 14.8 Å². The van der Waals surface area contributed by atoms with Crippen LogP contribution in [0.5, 0.6) is 11.5 Å². The first-order chi connectivity index (χ1) is 9.19. The van der Waals surface area contributed by atoms with E-state index in [0.717, 1.165) is 19.5 Å². The maximum atomic E-state index is 12.5. The van der Waals surface area contributed by atoms with Crippen LogP contribution in [0.3, 0.4) is 0 Å². The zero-order valence-electron chi connectivity index (χ0n) is 12.0. The summed E-state index contributed by atoms with van der Waals surface area (Å²) in [6.45, 7) is 1.52. The van der Waals surface area contributed by atoms with Crippen molar-refractivity contribution in [2.75, 3.05) is 34.4 Å². The molecule has 0 aromatic heterocycles. The summed E-state index contributed by atoms with van der Waals surface area (Å²) < 4.78 is 10.4. The number of ether oxygens (including phenoxy) is 2. The fourth-order valence-corrected chi connectivity index (χ4v) is 2.33. The van der Waals surface area contributed by atoms with Crippen molar-refractivity contribution < 1.29 is 14.3 Å². The summed E-state index contributed by atoms with van der Waals surface area (Å²) in [4.78, 5) is 14.3. The average Bonchev–Trinajstić information content (AvgIpc) is 2.94. The topological polar surface area (TPSA) is 50.8 Å². The predicted molar refractivity (Wildman–Crippen MR) is 80.2 cm³/mol. The monoisotopic (exact) mass is 300 g/mol. The summed E-state index contributed by atoms with van der Waals surface area (Å²) in [5.74, 6) is 1.25. The summed E-state index contributed by atoms with van der Waals surface area (Å²) in [6.07, 6.45) is 0.987. The minimum Gasteiger partial charge on any atom is -0.497 e. The second kappa shape index (κ2) is 7.36. The number of likely N-dealkylation sites (N-methyl/N-ethyl adjacent to an activating group) is 1. The molecule has 1 aromatic carbocycles. The standard InChI is InChI=1S/C14H20N2O3.ClH/c1-15-10-6-7-16(9-10)14(17)12-5-4-11(18-2)8-13(12)19-3;/h4-5,8,10,15H,6-7,9H2,1-3H3;1H. The van der Waals surface area contributed by atoms with Gasteiger partial charge in [0.1, 0.15) is 11.5 Å². The van der Waals surface area contributed by atoms with Crippen molar-refractivity contribution in [1.29, 1.82) is 0 Å². The number of methoxy groups -OCH3 is 2. The Morgan fingerprint density at radius 2 is 2.10 bits per heavy atom. The van der Waals surface area contributed by atoms with Gasteiger partial charge in [-0.05, 0) is 25.6 Å². The number of nitrogens with zero attached hydrogens (tertiary/aromatic N) is 1. The third kappa shape index (κ3) is 3.35. The molecule has 1 N–H and O–H groups in total. The van der Waals surface area contributed by atoms with Gasteiger partial charge in [0.05, 0.1) is 19.8 Å². The van der Waals surface area contributed by atoms with Gasteiger partial charge >= 0.3 is 0 Å². The molecule has 0 bridgehead atoms. The van der Waals surface area contributed by atoms with E-state index < -0.39 is 0 Å². The van der Waals surface area contributed by atoms with Gasteiger partial charge in [-0.15, -0.1) is 12.4 Å². The van der Waals surface area contributed by atoms with Crippen molar-refractivity contribution in [3.63, 3.8) is 0 Å². The van der Waals surface area contributed by atoms with Crippen molar-refractivity contribution in [3.8, 4) is 11.5 Å². The van der Waals surface area contributed by atoms with Crippen LogP contribution in [0.4, 0.5) is 0 Å². The van der Waals surface area contributed by atoms with E-state index in [0.29, 0.717) is 23.1 Å². The van der Waals surface area contributed by atoms with Gasteiger partial charge in [-0.1, -0.05) is 0 Å². The molecule has 1 aliphatic heterocycles. The number of amides is 1. The first-order valence-electron chi connectivity index (χ1n) is 6.38. The molecule has 1 aliphatic rings. The van der Waals surface area contributed by atoms with Crippen LogP contribution in [0, 0.1) is 0 Å². The summed E-state index contributed by atoms with van der Waals surface area (Å²) in [7, 11) is 5.08. The molecule has 2 rings (SSSR count). The molecule has 6 heteroatoms. The number of hydrogen-bond acceptors (Lipinski definition) is 4. The summed E-state index contributed by atoms with van der Waals surface area (Å²) in [5.41, 5.74) is 0.583. The molecule has 20 heavy (non-hydrogen) atoms. The lowest BCUT2D eigenvalue weighted by Crippen LogP contribution is -2.33. The van der Waals surface area contributed by atoms with E-state index in [2.05, 4.69) is 5.32 Å². The molecule has 1 aromatic rings. The Hall–Kier alpha value is -1.46. The third-order valence-corrected chi connectivity index (χ3v) is 3.52. The lowest BCUT2D eigenvalue weighted by Gasteiger charge is -2.18.